The van der Waals surface area contributed by atoms with Crippen LogP contribution in [0.25, 0.3) is 0 Å². The Morgan fingerprint density at radius 3 is 2.29 bits per heavy atom. The van der Waals surface area contributed by atoms with E-state index in [-0.39, 0.29) is 43.0 Å². The van der Waals surface area contributed by atoms with E-state index in [0.717, 1.165) is 24.1 Å². The Morgan fingerprint density at radius 2 is 1.59 bits per heavy atom. The van der Waals surface area contributed by atoms with Crippen molar-refractivity contribution in [2.24, 2.45) is 11.8 Å². The van der Waals surface area contributed by atoms with Gasteiger partial charge in [-0.15, -0.1) is 0 Å². The average molecular weight is 665 g/mol. The van der Waals surface area contributed by atoms with Gasteiger partial charge in [0.1, 0.15) is 23.3 Å². The number of aromatic hydroxyl groups is 1. The van der Waals surface area contributed by atoms with Gasteiger partial charge in [-0.25, -0.2) is 9.59 Å². The summed E-state index contributed by atoms with van der Waals surface area (Å²) >= 11 is 0. The average Bonchev–Trinajstić information content (AvgIpc) is 3.10. The van der Waals surface area contributed by atoms with Gasteiger partial charge in [-0.2, -0.15) is 0 Å². The molecule has 0 saturated carbocycles. The number of rotatable bonds is 13. The van der Waals surface area contributed by atoms with Crippen molar-refractivity contribution in [3.8, 4) is 17.2 Å². The molecule has 4 atom stereocenters. The Kier molecular flexibility index (Phi) is 11.7. The van der Waals surface area contributed by atoms with Crippen LogP contribution in [0.2, 0.25) is 0 Å². The van der Waals surface area contributed by atoms with E-state index in [0.29, 0.717) is 35.1 Å². The maximum absolute atomic E-state index is 14.2. The first-order valence-corrected chi connectivity index (χ1v) is 16.7. The monoisotopic (exact) mass is 664 g/mol. The van der Waals surface area contributed by atoms with E-state index in [1.54, 1.807) is 36.4 Å². The first-order chi connectivity index (χ1) is 23.6. The highest BCUT2D eigenvalue weighted by atomic mass is 16.5. The molecule has 4 aromatic rings. The lowest BCUT2D eigenvalue weighted by atomic mass is 9.79. The van der Waals surface area contributed by atoms with E-state index in [1.807, 2.05) is 66.7 Å². The fraction of sp³-hybridized carbons (Fsp3) is 0.325. The number of likely N-dealkylation sites (tertiary alicyclic amines) is 1. The maximum Gasteiger partial charge on any atom is 0.337 e. The zero-order chi connectivity index (χ0) is 34.9. The molecule has 9 nitrogen and oxygen atoms in total. The predicted octanol–water partition coefficient (Wildman–Crippen LogP) is 7.10. The number of carbonyl (C=O) groups excluding carboxylic acids is 2. The second-order valence-electron chi connectivity index (χ2n) is 12.8. The largest absolute Gasteiger partial charge is 0.508 e. The molecular weight excluding hydrogens is 620 g/mol. The molecule has 1 amide bonds. The Morgan fingerprint density at radius 1 is 0.878 bits per heavy atom. The molecule has 1 fully saturated rings. The number of esters is 1. The Hall–Kier alpha value is -5.15. The number of ether oxygens (including phenoxy) is 2. The minimum absolute atomic E-state index is 0.00696. The van der Waals surface area contributed by atoms with Gasteiger partial charge < -0.3 is 24.6 Å². The fourth-order valence-corrected chi connectivity index (χ4v) is 6.62. The highest BCUT2D eigenvalue weighted by Gasteiger charge is 2.36. The SMILES string of the molecule is COC(=O)c1ccc(C[C@@H](C(=O)O)N(Cc2cccc(Oc3ccccc3)c2)C(=O)CCN2CC[C@@H](C)[C@@H](C)C2c2cccc(O)c2)cc1. The van der Waals surface area contributed by atoms with Crippen LogP contribution in [0.15, 0.2) is 103 Å². The first-order valence-electron chi connectivity index (χ1n) is 16.7. The molecule has 1 unspecified atom stereocenters. The quantitative estimate of drug-likeness (QED) is 0.145. The van der Waals surface area contributed by atoms with Crippen LogP contribution >= 0.6 is 0 Å². The normalized spacial score (nSPS) is 18.3. The summed E-state index contributed by atoms with van der Waals surface area (Å²) in [6, 6.07) is 29.4. The first kappa shape index (κ1) is 35.2. The molecule has 256 valence electrons. The van der Waals surface area contributed by atoms with Crippen molar-refractivity contribution >= 4 is 17.8 Å². The number of phenolic OH excluding ortho intramolecular Hbond substituents is 1. The second kappa shape index (κ2) is 16.3. The number of carboxylic acid groups (broad SMARTS) is 1. The molecule has 0 aromatic heterocycles. The van der Waals surface area contributed by atoms with Crippen molar-refractivity contribution < 1.29 is 34.1 Å². The smallest absolute Gasteiger partial charge is 0.337 e. The summed E-state index contributed by atoms with van der Waals surface area (Å²) < 4.78 is 10.8. The van der Waals surface area contributed by atoms with E-state index in [4.69, 9.17) is 9.47 Å². The van der Waals surface area contributed by atoms with Crippen LogP contribution in [-0.2, 0) is 27.3 Å². The number of methoxy groups -OCH3 is 1. The summed E-state index contributed by atoms with van der Waals surface area (Å²) in [5, 5.41) is 20.8. The number of para-hydroxylation sites is 1. The molecule has 0 aliphatic carbocycles. The predicted molar refractivity (Wildman–Crippen MR) is 186 cm³/mol. The standard InChI is InChI=1S/C40H44N2O7/c1-27-19-21-41(38(28(27)2)32-10-8-11-33(43)25-32)22-20-37(44)42(26-30-9-7-14-35(23-30)49-34-12-5-4-6-13-34)36(39(45)46)24-29-15-17-31(18-16-29)40(47)48-3/h4-18,23,25,27-28,36,38,43H,19-22,24,26H2,1-3H3,(H,45,46)/t27-,28-,36+,38?/m1/s1. The molecule has 0 spiro atoms. The molecule has 0 radical (unpaired) electrons. The van der Waals surface area contributed by atoms with Crippen LogP contribution in [0.5, 0.6) is 17.2 Å². The van der Waals surface area contributed by atoms with Crippen LogP contribution in [0.4, 0.5) is 0 Å². The van der Waals surface area contributed by atoms with Gasteiger partial charge in [0.05, 0.1) is 12.7 Å². The number of carboxylic acids is 1. The van der Waals surface area contributed by atoms with Gasteiger partial charge >= 0.3 is 11.9 Å². The van der Waals surface area contributed by atoms with Crippen molar-refractivity contribution in [3.05, 3.63) is 125 Å². The van der Waals surface area contributed by atoms with Crippen LogP contribution < -0.4 is 4.74 Å². The summed E-state index contributed by atoms with van der Waals surface area (Å²) in [5.74, 6) is 0.296. The fourth-order valence-electron chi connectivity index (χ4n) is 6.62. The highest BCUT2D eigenvalue weighted by Crippen LogP contribution is 2.40. The molecule has 49 heavy (non-hydrogen) atoms. The number of aliphatic carboxylic acids is 1. The summed E-state index contributed by atoms with van der Waals surface area (Å²) in [5.41, 5.74) is 2.75. The summed E-state index contributed by atoms with van der Waals surface area (Å²) in [6.45, 7) is 5.72. The third-order valence-corrected chi connectivity index (χ3v) is 9.50. The summed E-state index contributed by atoms with van der Waals surface area (Å²) in [7, 11) is 1.30. The topological polar surface area (TPSA) is 117 Å². The van der Waals surface area contributed by atoms with E-state index < -0.39 is 18.0 Å². The Bertz CT molecular complexity index is 1730. The molecule has 9 heteroatoms. The zero-order valence-electron chi connectivity index (χ0n) is 28.2. The molecule has 1 heterocycles. The number of carbonyl (C=O) groups is 3. The van der Waals surface area contributed by atoms with Gasteiger partial charge in [0.25, 0.3) is 0 Å². The minimum Gasteiger partial charge on any atom is -0.508 e. The van der Waals surface area contributed by atoms with Crippen molar-refractivity contribution in [3.63, 3.8) is 0 Å². The van der Waals surface area contributed by atoms with Gasteiger partial charge in [-0.1, -0.05) is 68.4 Å². The van der Waals surface area contributed by atoms with Crippen LogP contribution in [-0.4, -0.2) is 64.1 Å². The summed E-state index contributed by atoms with van der Waals surface area (Å²) in [6.07, 6.45) is 1.14. The van der Waals surface area contributed by atoms with E-state index in [2.05, 4.69) is 18.7 Å². The third-order valence-electron chi connectivity index (χ3n) is 9.50. The molecule has 0 bridgehead atoms. The molecule has 2 N–H and O–H groups in total. The summed E-state index contributed by atoms with van der Waals surface area (Å²) in [4.78, 5) is 42.8. The number of piperidine rings is 1. The lowest BCUT2D eigenvalue weighted by molar-refractivity contribution is -0.151. The van der Waals surface area contributed by atoms with Crippen LogP contribution in [0.3, 0.4) is 0 Å². The molecule has 5 rings (SSSR count). The molecule has 4 aromatic carbocycles. The van der Waals surface area contributed by atoms with Gasteiger partial charge in [0, 0.05) is 32.0 Å². The number of nitrogens with zero attached hydrogens (tertiary/aromatic N) is 2. The van der Waals surface area contributed by atoms with Crippen molar-refractivity contribution in [1.82, 2.24) is 9.80 Å². The van der Waals surface area contributed by atoms with E-state index in [1.165, 1.54) is 12.0 Å². The molecular formula is C40H44N2O7. The molecule has 1 saturated heterocycles. The van der Waals surface area contributed by atoms with Crippen molar-refractivity contribution in [2.75, 3.05) is 20.2 Å². The number of benzene rings is 4. The van der Waals surface area contributed by atoms with Gasteiger partial charge in [-0.05, 0) is 90.0 Å². The van der Waals surface area contributed by atoms with E-state index >= 15 is 0 Å². The number of phenols is 1. The van der Waals surface area contributed by atoms with Gasteiger partial charge in [-0.3, -0.25) is 9.69 Å². The highest BCUT2D eigenvalue weighted by molar-refractivity contribution is 5.89. The third kappa shape index (κ3) is 9.06. The lowest BCUT2D eigenvalue weighted by Crippen LogP contribution is -2.48. The maximum atomic E-state index is 14.2. The van der Waals surface area contributed by atoms with Crippen LogP contribution in [0.1, 0.15) is 59.8 Å². The number of hydrogen-bond donors (Lipinski definition) is 2. The van der Waals surface area contributed by atoms with Crippen LogP contribution in [0, 0.1) is 11.8 Å². The second-order valence-corrected chi connectivity index (χ2v) is 12.8. The lowest BCUT2D eigenvalue weighted by Gasteiger charge is -2.44. The van der Waals surface area contributed by atoms with Crippen molar-refractivity contribution in [1.29, 1.82) is 0 Å². The van der Waals surface area contributed by atoms with E-state index in [9.17, 15) is 24.6 Å². The number of amides is 1. The van der Waals surface area contributed by atoms with Gasteiger partial charge in [0.15, 0.2) is 0 Å². The van der Waals surface area contributed by atoms with Crippen molar-refractivity contribution in [2.45, 2.75) is 51.7 Å². The Labute approximate surface area is 287 Å². The zero-order valence-corrected chi connectivity index (χ0v) is 28.2. The number of hydrogen-bond acceptors (Lipinski definition) is 7. The van der Waals surface area contributed by atoms with Gasteiger partial charge in [0.2, 0.25) is 5.91 Å². The minimum atomic E-state index is -1.17. The molecule has 1 aliphatic heterocycles. The molecule has 1 aliphatic rings. The Balaban J connectivity index is 1.41.